The number of likely N-dealkylation sites (N-methyl/N-ethyl adjacent to an activating group) is 1. The fourth-order valence-electron chi connectivity index (χ4n) is 4.02. The Morgan fingerprint density at radius 1 is 1.23 bits per heavy atom. The highest BCUT2D eigenvalue weighted by molar-refractivity contribution is 6.33. The monoisotopic (exact) mass is 502 g/mol. The molecule has 1 saturated heterocycles. The van der Waals surface area contributed by atoms with Crippen molar-refractivity contribution in [2.45, 2.75) is 45.8 Å². The molecule has 1 aliphatic rings. The minimum Gasteiger partial charge on any atom is -0.491 e. The Morgan fingerprint density at radius 3 is 2.74 bits per heavy atom. The van der Waals surface area contributed by atoms with Gasteiger partial charge in [0.1, 0.15) is 30.8 Å². The summed E-state index contributed by atoms with van der Waals surface area (Å²) in [6, 6.07) is 5.23. The maximum Gasteiger partial charge on any atom is 0.220 e. The number of benzene rings is 1. The Kier molecular flexibility index (Phi) is 8.22. The predicted molar refractivity (Wildman–Crippen MR) is 132 cm³/mol. The summed E-state index contributed by atoms with van der Waals surface area (Å²) in [6.07, 6.45) is 1.38. The standard InChI is InChI=1S/C25H31ClN4O5/c1-14-23(22-15(2)30-35-16(22)3)28-24(29-25(14)34-13-19-6-5-9-32-19)20-10-18(7-8-21(20)26)33-12-17(31)11-27-4/h7-8,10,17,19,27,31H,5-6,9,11-13H2,1-4H3. The molecular formula is C25H31ClN4O5. The molecule has 0 bridgehead atoms. The van der Waals surface area contributed by atoms with Gasteiger partial charge in [-0.05, 0) is 58.9 Å². The van der Waals surface area contributed by atoms with E-state index in [0.717, 1.165) is 36.3 Å². The number of aliphatic hydroxyl groups is 1. The molecule has 3 aromatic rings. The van der Waals surface area contributed by atoms with Gasteiger partial charge < -0.3 is 29.2 Å². The van der Waals surface area contributed by atoms with Crippen LogP contribution in [0.25, 0.3) is 22.6 Å². The number of hydrogen-bond acceptors (Lipinski definition) is 9. The first-order chi connectivity index (χ1) is 16.9. The van der Waals surface area contributed by atoms with Gasteiger partial charge in [-0.15, -0.1) is 0 Å². The fraction of sp³-hybridized carbons (Fsp3) is 0.480. The Labute approximate surface area is 209 Å². The summed E-state index contributed by atoms with van der Waals surface area (Å²) in [6.45, 7) is 7.35. The number of nitrogens with one attached hydrogen (secondary N) is 1. The van der Waals surface area contributed by atoms with Crippen LogP contribution in [0, 0.1) is 20.8 Å². The number of hydrogen-bond donors (Lipinski definition) is 2. The van der Waals surface area contributed by atoms with Gasteiger partial charge in [0, 0.05) is 24.3 Å². The second-order valence-electron chi connectivity index (χ2n) is 8.64. The van der Waals surface area contributed by atoms with Crippen LogP contribution in [0.3, 0.4) is 0 Å². The van der Waals surface area contributed by atoms with Gasteiger partial charge in [0.2, 0.25) is 5.88 Å². The summed E-state index contributed by atoms with van der Waals surface area (Å²) in [4.78, 5) is 9.57. The van der Waals surface area contributed by atoms with Gasteiger partial charge in [-0.1, -0.05) is 16.8 Å². The van der Waals surface area contributed by atoms with E-state index in [4.69, 9.17) is 40.3 Å². The first-order valence-electron chi connectivity index (χ1n) is 11.7. The van der Waals surface area contributed by atoms with Crippen LogP contribution in [0.4, 0.5) is 0 Å². The Hall–Kier alpha value is -2.72. The summed E-state index contributed by atoms with van der Waals surface area (Å²) >= 11 is 6.57. The van der Waals surface area contributed by atoms with Crippen LogP contribution in [-0.2, 0) is 4.74 Å². The molecule has 1 aromatic carbocycles. The van der Waals surface area contributed by atoms with E-state index < -0.39 is 6.10 Å². The summed E-state index contributed by atoms with van der Waals surface area (Å²) < 4.78 is 23.0. The zero-order valence-electron chi connectivity index (χ0n) is 20.4. The molecule has 1 aliphatic heterocycles. The Balaban J connectivity index is 1.72. The molecule has 3 heterocycles. The molecular weight excluding hydrogens is 472 g/mol. The van der Waals surface area contributed by atoms with Crippen LogP contribution >= 0.6 is 11.6 Å². The van der Waals surface area contributed by atoms with Crippen molar-refractivity contribution in [1.82, 2.24) is 20.4 Å². The molecule has 10 heteroatoms. The molecule has 0 radical (unpaired) electrons. The van der Waals surface area contributed by atoms with Crippen LogP contribution in [0.15, 0.2) is 22.7 Å². The number of aromatic nitrogens is 3. The van der Waals surface area contributed by atoms with Crippen molar-refractivity contribution in [3.05, 3.63) is 40.2 Å². The van der Waals surface area contributed by atoms with Crippen molar-refractivity contribution in [1.29, 1.82) is 0 Å². The van der Waals surface area contributed by atoms with E-state index in [-0.39, 0.29) is 12.7 Å². The zero-order chi connectivity index (χ0) is 24.9. The fourth-order valence-corrected chi connectivity index (χ4v) is 4.22. The molecule has 0 amide bonds. The molecule has 35 heavy (non-hydrogen) atoms. The molecule has 1 fully saturated rings. The molecule has 2 atom stereocenters. The third-order valence-electron chi connectivity index (χ3n) is 5.86. The second kappa shape index (κ2) is 11.3. The maximum absolute atomic E-state index is 9.98. The van der Waals surface area contributed by atoms with E-state index in [1.54, 1.807) is 25.2 Å². The number of rotatable bonds is 10. The van der Waals surface area contributed by atoms with E-state index in [1.807, 2.05) is 20.8 Å². The highest BCUT2D eigenvalue weighted by Crippen LogP contribution is 2.36. The number of aliphatic hydroxyl groups excluding tert-OH is 1. The van der Waals surface area contributed by atoms with Crippen LogP contribution in [0.5, 0.6) is 11.6 Å². The van der Waals surface area contributed by atoms with Gasteiger partial charge >= 0.3 is 0 Å². The van der Waals surface area contributed by atoms with Gasteiger partial charge in [0.05, 0.1) is 28.1 Å². The van der Waals surface area contributed by atoms with Crippen molar-refractivity contribution < 1.29 is 23.8 Å². The van der Waals surface area contributed by atoms with Crippen molar-refractivity contribution in [3.8, 4) is 34.3 Å². The number of halogens is 1. The lowest BCUT2D eigenvalue weighted by Crippen LogP contribution is -2.29. The zero-order valence-corrected chi connectivity index (χ0v) is 21.2. The summed E-state index contributed by atoms with van der Waals surface area (Å²) in [5.41, 5.74) is 3.55. The first kappa shape index (κ1) is 25.4. The largest absolute Gasteiger partial charge is 0.491 e. The van der Waals surface area contributed by atoms with E-state index in [9.17, 15) is 5.11 Å². The highest BCUT2D eigenvalue weighted by atomic mass is 35.5. The minimum absolute atomic E-state index is 0.0414. The summed E-state index contributed by atoms with van der Waals surface area (Å²) in [7, 11) is 1.77. The SMILES string of the molecule is CNCC(O)COc1ccc(Cl)c(-c2nc(OCC3CCCO3)c(C)c(-c3c(C)noc3C)n2)c1. The topological polar surface area (TPSA) is 112 Å². The molecule has 0 saturated carbocycles. The average molecular weight is 503 g/mol. The lowest BCUT2D eigenvalue weighted by molar-refractivity contribution is 0.0661. The van der Waals surface area contributed by atoms with E-state index in [1.165, 1.54) is 0 Å². The first-order valence-corrected chi connectivity index (χ1v) is 12.1. The van der Waals surface area contributed by atoms with Crippen molar-refractivity contribution >= 4 is 11.6 Å². The maximum atomic E-state index is 9.98. The van der Waals surface area contributed by atoms with Crippen molar-refractivity contribution in [3.63, 3.8) is 0 Å². The van der Waals surface area contributed by atoms with E-state index >= 15 is 0 Å². The van der Waals surface area contributed by atoms with Crippen LogP contribution < -0.4 is 14.8 Å². The van der Waals surface area contributed by atoms with Crippen LogP contribution in [0.1, 0.15) is 29.9 Å². The summed E-state index contributed by atoms with van der Waals surface area (Å²) in [5.74, 6) is 2.04. The summed E-state index contributed by atoms with van der Waals surface area (Å²) in [5, 5.41) is 17.5. The van der Waals surface area contributed by atoms with E-state index in [2.05, 4.69) is 10.5 Å². The molecule has 0 aliphatic carbocycles. The van der Waals surface area contributed by atoms with Crippen LogP contribution in [-0.4, -0.2) is 65.9 Å². The van der Waals surface area contributed by atoms with Gasteiger partial charge in [0.25, 0.3) is 0 Å². The normalized spacial score (nSPS) is 16.5. The van der Waals surface area contributed by atoms with Gasteiger partial charge in [0.15, 0.2) is 5.82 Å². The molecule has 188 valence electrons. The predicted octanol–water partition coefficient (Wildman–Crippen LogP) is 3.89. The van der Waals surface area contributed by atoms with Crippen molar-refractivity contribution in [2.75, 3.05) is 33.4 Å². The molecule has 2 N–H and O–H groups in total. The third kappa shape index (κ3) is 5.92. The number of aryl methyl sites for hydroxylation is 2. The lowest BCUT2D eigenvalue weighted by Gasteiger charge is -2.17. The number of ether oxygens (including phenoxy) is 3. The van der Waals surface area contributed by atoms with E-state index in [0.29, 0.717) is 52.6 Å². The molecule has 9 nitrogen and oxygen atoms in total. The van der Waals surface area contributed by atoms with Gasteiger partial charge in [-0.25, -0.2) is 4.98 Å². The smallest absolute Gasteiger partial charge is 0.220 e. The number of nitrogens with zero attached hydrogens (tertiary/aromatic N) is 3. The Bertz CT molecular complexity index is 1140. The quantitative estimate of drug-likeness (QED) is 0.426. The third-order valence-corrected chi connectivity index (χ3v) is 6.19. The molecule has 2 unspecified atom stereocenters. The van der Waals surface area contributed by atoms with Gasteiger partial charge in [-0.3, -0.25) is 0 Å². The average Bonchev–Trinajstić information content (AvgIpc) is 3.48. The minimum atomic E-state index is -0.640. The highest BCUT2D eigenvalue weighted by Gasteiger charge is 2.23. The second-order valence-corrected chi connectivity index (χ2v) is 9.04. The molecule has 2 aromatic heterocycles. The molecule has 4 rings (SSSR count). The Morgan fingerprint density at radius 2 is 2.06 bits per heavy atom. The molecule has 0 spiro atoms. The lowest BCUT2D eigenvalue weighted by atomic mass is 10.1. The van der Waals surface area contributed by atoms with Gasteiger partial charge in [-0.2, -0.15) is 4.98 Å². The van der Waals surface area contributed by atoms with Crippen molar-refractivity contribution in [2.24, 2.45) is 0 Å². The van der Waals surface area contributed by atoms with Crippen LogP contribution in [0.2, 0.25) is 5.02 Å².